The third-order valence-corrected chi connectivity index (χ3v) is 5.25. The lowest BCUT2D eigenvalue weighted by Crippen LogP contribution is -2.29. The maximum absolute atomic E-state index is 12.5. The predicted octanol–water partition coefficient (Wildman–Crippen LogP) is 5.48. The van der Waals surface area contributed by atoms with Crippen molar-refractivity contribution in [2.45, 2.75) is 0 Å². The number of hydrogen-bond acceptors (Lipinski definition) is 4. The Hall–Kier alpha value is -2.70. The first-order valence-corrected chi connectivity index (χ1v) is 9.63. The van der Waals surface area contributed by atoms with Gasteiger partial charge in [0.1, 0.15) is 0 Å². The van der Waals surface area contributed by atoms with E-state index in [2.05, 4.69) is 31.8 Å². The minimum Gasteiger partial charge on any atom is -0.273 e. The van der Waals surface area contributed by atoms with Gasteiger partial charge >= 0.3 is 0 Å². The quantitative estimate of drug-likeness (QED) is 0.427. The Kier molecular flexibility index (Phi) is 4.69. The standard InChI is InChI=1S/C20H14BrN3OS/c21-15-10-8-14(9-11-15)18-12-26-20(22-18)24-23-19(25)17-7-3-5-13-4-1-2-6-16(13)17/h1-12H,(H,22,24)(H,23,25). The highest BCUT2D eigenvalue weighted by molar-refractivity contribution is 9.10. The van der Waals surface area contributed by atoms with Crippen molar-refractivity contribution in [1.82, 2.24) is 10.4 Å². The van der Waals surface area contributed by atoms with Crippen molar-refractivity contribution in [2.24, 2.45) is 0 Å². The van der Waals surface area contributed by atoms with Crippen molar-refractivity contribution < 1.29 is 4.79 Å². The summed E-state index contributed by atoms with van der Waals surface area (Å²) in [5.74, 6) is -0.192. The lowest BCUT2D eigenvalue weighted by Gasteiger charge is -2.08. The number of amides is 1. The zero-order chi connectivity index (χ0) is 17.9. The molecule has 0 atom stereocenters. The Morgan fingerprint density at radius 2 is 1.73 bits per heavy atom. The summed E-state index contributed by atoms with van der Waals surface area (Å²) >= 11 is 4.87. The fraction of sp³-hybridized carbons (Fsp3) is 0. The number of nitrogens with zero attached hydrogens (tertiary/aromatic N) is 1. The molecule has 0 radical (unpaired) electrons. The summed E-state index contributed by atoms with van der Waals surface area (Å²) in [7, 11) is 0. The van der Waals surface area contributed by atoms with E-state index in [1.54, 1.807) is 0 Å². The smallest absolute Gasteiger partial charge is 0.270 e. The second-order valence-corrected chi connectivity index (χ2v) is 7.42. The summed E-state index contributed by atoms with van der Waals surface area (Å²) in [6.45, 7) is 0. The molecule has 0 spiro atoms. The number of carbonyl (C=O) groups is 1. The second-order valence-electron chi connectivity index (χ2n) is 5.65. The van der Waals surface area contributed by atoms with Crippen LogP contribution in [0.25, 0.3) is 22.0 Å². The summed E-state index contributed by atoms with van der Waals surface area (Å²) in [5.41, 5.74) is 8.16. The largest absolute Gasteiger partial charge is 0.273 e. The third-order valence-electron chi connectivity index (χ3n) is 3.96. The van der Waals surface area contributed by atoms with Crippen LogP contribution < -0.4 is 10.9 Å². The van der Waals surface area contributed by atoms with Gasteiger partial charge in [0, 0.05) is 21.0 Å². The van der Waals surface area contributed by atoms with Crippen LogP contribution in [0, 0.1) is 0 Å². The van der Waals surface area contributed by atoms with Crippen LogP contribution in [0.15, 0.2) is 76.6 Å². The topological polar surface area (TPSA) is 54.0 Å². The third kappa shape index (κ3) is 3.47. The van der Waals surface area contributed by atoms with Crippen LogP contribution in [0.2, 0.25) is 0 Å². The van der Waals surface area contributed by atoms with Crippen LogP contribution in [-0.4, -0.2) is 10.9 Å². The molecule has 4 rings (SSSR count). The number of benzene rings is 3. The molecule has 0 saturated carbocycles. The summed E-state index contributed by atoms with van der Waals surface area (Å²) in [4.78, 5) is 17.1. The number of hydrazine groups is 1. The summed E-state index contributed by atoms with van der Waals surface area (Å²) in [6.07, 6.45) is 0. The van der Waals surface area contributed by atoms with Crippen molar-refractivity contribution in [3.63, 3.8) is 0 Å². The van der Waals surface area contributed by atoms with E-state index in [0.29, 0.717) is 10.7 Å². The molecule has 1 heterocycles. The minimum absolute atomic E-state index is 0.192. The average Bonchev–Trinajstić information content (AvgIpc) is 3.15. The molecule has 6 heteroatoms. The number of carbonyl (C=O) groups excluding carboxylic acids is 1. The molecular weight excluding hydrogens is 410 g/mol. The van der Waals surface area contributed by atoms with Gasteiger partial charge in [-0.15, -0.1) is 11.3 Å². The molecule has 0 unspecified atom stereocenters. The molecule has 4 nitrogen and oxygen atoms in total. The van der Waals surface area contributed by atoms with E-state index in [9.17, 15) is 4.79 Å². The number of aromatic nitrogens is 1. The minimum atomic E-state index is -0.192. The first kappa shape index (κ1) is 16.8. The molecule has 0 bridgehead atoms. The van der Waals surface area contributed by atoms with E-state index in [1.165, 1.54) is 11.3 Å². The van der Waals surface area contributed by atoms with E-state index in [1.807, 2.05) is 72.1 Å². The van der Waals surface area contributed by atoms with Crippen molar-refractivity contribution >= 4 is 49.1 Å². The molecule has 3 aromatic carbocycles. The van der Waals surface area contributed by atoms with Crippen molar-refractivity contribution in [1.29, 1.82) is 0 Å². The maximum Gasteiger partial charge on any atom is 0.270 e. The van der Waals surface area contributed by atoms with Crippen molar-refractivity contribution in [3.8, 4) is 11.3 Å². The Morgan fingerprint density at radius 3 is 2.58 bits per heavy atom. The Morgan fingerprint density at radius 1 is 0.962 bits per heavy atom. The summed E-state index contributed by atoms with van der Waals surface area (Å²) < 4.78 is 1.03. The van der Waals surface area contributed by atoms with Gasteiger partial charge in [-0.2, -0.15) is 0 Å². The van der Waals surface area contributed by atoms with Crippen molar-refractivity contribution in [2.75, 3.05) is 5.43 Å². The monoisotopic (exact) mass is 423 g/mol. The number of fused-ring (bicyclic) bond motifs is 1. The van der Waals surface area contributed by atoms with E-state index < -0.39 is 0 Å². The molecule has 1 aromatic heterocycles. The van der Waals surface area contributed by atoms with Crippen LogP contribution >= 0.6 is 27.3 Å². The average molecular weight is 424 g/mol. The van der Waals surface area contributed by atoms with Gasteiger partial charge in [0.25, 0.3) is 5.91 Å². The van der Waals surface area contributed by atoms with Gasteiger partial charge in [0.2, 0.25) is 5.13 Å². The fourth-order valence-corrected chi connectivity index (χ4v) is 3.62. The zero-order valence-electron chi connectivity index (χ0n) is 13.6. The van der Waals surface area contributed by atoms with Crippen LogP contribution in [0.3, 0.4) is 0 Å². The van der Waals surface area contributed by atoms with Crippen molar-refractivity contribution in [3.05, 3.63) is 82.1 Å². The highest BCUT2D eigenvalue weighted by Crippen LogP contribution is 2.26. The second kappa shape index (κ2) is 7.27. The van der Waals surface area contributed by atoms with E-state index in [-0.39, 0.29) is 5.91 Å². The van der Waals surface area contributed by atoms with Gasteiger partial charge in [-0.05, 0) is 29.0 Å². The first-order valence-electron chi connectivity index (χ1n) is 7.96. The Balaban J connectivity index is 1.49. The molecule has 0 saturated heterocycles. The molecular formula is C20H14BrN3OS. The molecule has 26 heavy (non-hydrogen) atoms. The van der Waals surface area contributed by atoms with Crippen LogP contribution in [-0.2, 0) is 0 Å². The molecule has 1 amide bonds. The number of anilines is 1. The van der Waals surface area contributed by atoms with Gasteiger partial charge in [-0.1, -0.05) is 64.5 Å². The first-order chi connectivity index (χ1) is 12.7. The van der Waals surface area contributed by atoms with Gasteiger partial charge in [-0.25, -0.2) is 4.98 Å². The predicted molar refractivity (Wildman–Crippen MR) is 110 cm³/mol. The molecule has 4 aromatic rings. The SMILES string of the molecule is O=C(NNc1nc(-c2ccc(Br)cc2)cs1)c1cccc2ccccc12. The molecule has 0 fully saturated rings. The molecule has 0 aliphatic carbocycles. The lowest BCUT2D eigenvalue weighted by molar-refractivity contribution is 0.0964. The number of nitrogens with one attached hydrogen (secondary N) is 2. The van der Waals surface area contributed by atoms with E-state index >= 15 is 0 Å². The summed E-state index contributed by atoms with van der Waals surface area (Å²) in [5, 5.41) is 4.54. The van der Waals surface area contributed by atoms with Gasteiger partial charge in [0.05, 0.1) is 5.69 Å². The number of halogens is 1. The number of hydrogen-bond donors (Lipinski definition) is 2. The number of thiazole rings is 1. The molecule has 0 aliphatic rings. The Bertz CT molecular complexity index is 1070. The molecule has 0 aliphatic heterocycles. The fourth-order valence-electron chi connectivity index (χ4n) is 2.69. The normalized spacial score (nSPS) is 10.7. The lowest BCUT2D eigenvalue weighted by atomic mass is 10.0. The highest BCUT2D eigenvalue weighted by Gasteiger charge is 2.10. The van der Waals surface area contributed by atoms with E-state index in [4.69, 9.17) is 0 Å². The summed E-state index contributed by atoms with van der Waals surface area (Å²) in [6, 6.07) is 21.5. The van der Waals surface area contributed by atoms with Crippen LogP contribution in [0.4, 0.5) is 5.13 Å². The number of rotatable bonds is 4. The molecule has 128 valence electrons. The van der Waals surface area contributed by atoms with Crippen LogP contribution in [0.5, 0.6) is 0 Å². The highest BCUT2D eigenvalue weighted by atomic mass is 79.9. The Labute approximate surface area is 163 Å². The van der Waals surface area contributed by atoms with E-state index in [0.717, 1.165) is 26.5 Å². The molecule has 2 N–H and O–H groups in total. The maximum atomic E-state index is 12.5. The van der Waals surface area contributed by atoms with Gasteiger partial charge in [0.15, 0.2) is 0 Å². The van der Waals surface area contributed by atoms with Gasteiger partial charge in [-0.3, -0.25) is 15.6 Å². The van der Waals surface area contributed by atoms with Crippen LogP contribution in [0.1, 0.15) is 10.4 Å². The van der Waals surface area contributed by atoms with Gasteiger partial charge < -0.3 is 0 Å². The zero-order valence-corrected chi connectivity index (χ0v) is 16.0.